The highest BCUT2D eigenvalue weighted by molar-refractivity contribution is 5.86. The first-order valence-corrected chi connectivity index (χ1v) is 6.60. The van der Waals surface area contributed by atoms with Crippen molar-refractivity contribution in [2.45, 2.75) is 13.0 Å². The van der Waals surface area contributed by atoms with Crippen molar-refractivity contribution < 1.29 is 5.11 Å². The third-order valence-electron chi connectivity index (χ3n) is 3.48. The van der Waals surface area contributed by atoms with Gasteiger partial charge in [0, 0.05) is 18.8 Å². The highest BCUT2D eigenvalue weighted by Crippen LogP contribution is 2.23. The Morgan fingerprint density at radius 3 is 2.75 bits per heavy atom. The molecule has 0 fully saturated rings. The molecule has 0 bridgehead atoms. The Morgan fingerprint density at radius 1 is 1.00 bits per heavy atom. The van der Waals surface area contributed by atoms with Crippen LogP contribution in [0.3, 0.4) is 0 Å². The van der Waals surface area contributed by atoms with Crippen molar-refractivity contribution in [2.75, 3.05) is 0 Å². The molecule has 100 valence electrons. The normalized spacial score (nSPS) is 10.8. The van der Waals surface area contributed by atoms with E-state index in [1.54, 1.807) is 35.0 Å². The van der Waals surface area contributed by atoms with Gasteiger partial charge in [0.2, 0.25) is 0 Å². The van der Waals surface area contributed by atoms with E-state index in [1.807, 2.05) is 24.3 Å². The summed E-state index contributed by atoms with van der Waals surface area (Å²) in [7, 11) is 0. The average molecular weight is 265 g/mol. The van der Waals surface area contributed by atoms with E-state index < -0.39 is 0 Å². The molecule has 20 heavy (non-hydrogen) atoms. The van der Waals surface area contributed by atoms with Gasteiger partial charge in [0.1, 0.15) is 5.75 Å². The van der Waals surface area contributed by atoms with Crippen LogP contribution in [0.1, 0.15) is 5.56 Å². The fraction of sp³-hybridized carbons (Fsp3) is 0.118. The molecule has 1 heterocycles. The monoisotopic (exact) mass is 265 g/mol. The molecule has 3 aromatic rings. The van der Waals surface area contributed by atoms with Gasteiger partial charge in [-0.25, -0.2) is 0 Å². The Balaban J connectivity index is 1.92. The maximum atomic E-state index is 11.7. The van der Waals surface area contributed by atoms with Gasteiger partial charge in [-0.2, -0.15) is 0 Å². The number of aryl methyl sites for hydroxylation is 2. The third kappa shape index (κ3) is 2.43. The second-order valence-electron chi connectivity index (χ2n) is 4.80. The average Bonchev–Trinajstić information content (AvgIpc) is 2.46. The Morgan fingerprint density at radius 2 is 1.90 bits per heavy atom. The lowest BCUT2D eigenvalue weighted by Gasteiger charge is -2.08. The molecule has 0 unspecified atom stereocenters. The van der Waals surface area contributed by atoms with Gasteiger partial charge < -0.3 is 9.67 Å². The molecule has 0 aliphatic carbocycles. The van der Waals surface area contributed by atoms with Crippen molar-refractivity contribution in [3.8, 4) is 5.75 Å². The van der Waals surface area contributed by atoms with E-state index in [0.29, 0.717) is 6.54 Å². The van der Waals surface area contributed by atoms with Crippen molar-refractivity contribution >= 4 is 10.8 Å². The molecule has 0 atom stereocenters. The Kier molecular flexibility index (Phi) is 3.25. The molecule has 0 saturated heterocycles. The lowest BCUT2D eigenvalue weighted by atomic mass is 10.0. The Bertz CT molecular complexity index is 805. The van der Waals surface area contributed by atoms with Crippen LogP contribution in [-0.4, -0.2) is 9.67 Å². The summed E-state index contributed by atoms with van der Waals surface area (Å²) in [6, 6.07) is 16.6. The minimum absolute atomic E-state index is 0.0189. The Hall–Kier alpha value is -2.55. The first-order valence-electron chi connectivity index (χ1n) is 6.60. The van der Waals surface area contributed by atoms with Crippen molar-refractivity contribution in [3.63, 3.8) is 0 Å². The number of aromatic hydroxyl groups is 1. The first-order chi connectivity index (χ1) is 9.74. The molecule has 2 aromatic carbocycles. The number of benzene rings is 2. The molecule has 0 saturated carbocycles. The van der Waals surface area contributed by atoms with Crippen LogP contribution < -0.4 is 5.56 Å². The van der Waals surface area contributed by atoms with E-state index in [-0.39, 0.29) is 11.3 Å². The van der Waals surface area contributed by atoms with Gasteiger partial charge in [0.25, 0.3) is 5.56 Å². The summed E-state index contributed by atoms with van der Waals surface area (Å²) in [6.45, 7) is 0.652. The van der Waals surface area contributed by atoms with Crippen LogP contribution in [-0.2, 0) is 13.0 Å². The number of pyridine rings is 1. The first kappa shape index (κ1) is 12.5. The minimum atomic E-state index is 0.0189. The zero-order valence-corrected chi connectivity index (χ0v) is 11.0. The highest BCUT2D eigenvalue weighted by Gasteiger charge is 2.02. The van der Waals surface area contributed by atoms with Crippen LogP contribution in [0.4, 0.5) is 0 Å². The molecular formula is C17H15NO2. The molecule has 0 spiro atoms. The van der Waals surface area contributed by atoms with Crippen molar-refractivity contribution in [2.24, 2.45) is 0 Å². The lowest BCUT2D eigenvalue weighted by molar-refractivity contribution is 0.476. The quantitative estimate of drug-likeness (QED) is 0.791. The SMILES string of the molecule is O=c1ccccn1CCc1cccc2cc(O)ccc12. The van der Waals surface area contributed by atoms with E-state index in [1.165, 1.54) is 5.56 Å². The van der Waals surface area contributed by atoms with Crippen LogP contribution in [0.2, 0.25) is 0 Å². The van der Waals surface area contributed by atoms with Gasteiger partial charge in [-0.05, 0) is 41.0 Å². The number of nitrogens with zero attached hydrogens (tertiary/aromatic N) is 1. The second-order valence-corrected chi connectivity index (χ2v) is 4.80. The van der Waals surface area contributed by atoms with Crippen molar-refractivity contribution in [3.05, 3.63) is 76.7 Å². The zero-order valence-electron chi connectivity index (χ0n) is 11.0. The summed E-state index contributed by atoms with van der Waals surface area (Å²) >= 11 is 0. The van der Waals surface area contributed by atoms with Gasteiger partial charge in [-0.3, -0.25) is 4.79 Å². The maximum absolute atomic E-state index is 11.7. The fourth-order valence-corrected chi connectivity index (χ4v) is 2.44. The molecule has 1 aromatic heterocycles. The number of phenolic OH excluding ortho intramolecular Hbond substituents is 1. The summed E-state index contributed by atoms with van der Waals surface area (Å²) in [5.74, 6) is 0.272. The van der Waals surface area contributed by atoms with Gasteiger partial charge in [-0.15, -0.1) is 0 Å². The molecule has 1 N–H and O–H groups in total. The van der Waals surface area contributed by atoms with Gasteiger partial charge in [0.15, 0.2) is 0 Å². The van der Waals surface area contributed by atoms with Crippen LogP contribution >= 0.6 is 0 Å². The number of phenols is 1. The molecule has 3 heteroatoms. The largest absolute Gasteiger partial charge is 0.508 e. The lowest BCUT2D eigenvalue weighted by Crippen LogP contribution is -2.18. The van der Waals surface area contributed by atoms with E-state index in [0.717, 1.165) is 17.2 Å². The number of aromatic nitrogens is 1. The zero-order chi connectivity index (χ0) is 13.9. The summed E-state index contributed by atoms with van der Waals surface area (Å²) in [6.07, 6.45) is 2.59. The van der Waals surface area contributed by atoms with Gasteiger partial charge in [-0.1, -0.05) is 30.3 Å². The fourth-order valence-electron chi connectivity index (χ4n) is 2.44. The molecule has 0 aliphatic rings. The number of rotatable bonds is 3. The van der Waals surface area contributed by atoms with Crippen LogP contribution in [0, 0.1) is 0 Å². The van der Waals surface area contributed by atoms with Gasteiger partial charge >= 0.3 is 0 Å². The van der Waals surface area contributed by atoms with E-state index in [4.69, 9.17) is 0 Å². The number of fused-ring (bicyclic) bond motifs is 1. The number of hydrogen-bond acceptors (Lipinski definition) is 2. The molecule has 0 radical (unpaired) electrons. The molecule has 0 amide bonds. The van der Waals surface area contributed by atoms with E-state index >= 15 is 0 Å². The summed E-state index contributed by atoms with van der Waals surface area (Å²) in [4.78, 5) is 11.7. The number of hydrogen-bond donors (Lipinski definition) is 1. The third-order valence-corrected chi connectivity index (χ3v) is 3.48. The second kappa shape index (κ2) is 5.21. The Labute approximate surface area is 116 Å². The summed E-state index contributed by atoms with van der Waals surface area (Å²) < 4.78 is 1.71. The van der Waals surface area contributed by atoms with Crippen LogP contribution in [0.25, 0.3) is 10.8 Å². The van der Waals surface area contributed by atoms with Gasteiger partial charge in [0.05, 0.1) is 0 Å². The standard InChI is InChI=1S/C17H15NO2/c19-15-7-8-16-13(4-3-5-14(16)12-15)9-11-18-10-2-1-6-17(18)20/h1-8,10,12,19H,9,11H2. The molecule has 3 nitrogen and oxygen atoms in total. The smallest absolute Gasteiger partial charge is 0.250 e. The topological polar surface area (TPSA) is 42.2 Å². The van der Waals surface area contributed by atoms with E-state index in [2.05, 4.69) is 6.07 Å². The molecular weight excluding hydrogens is 250 g/mol. The minimum Gasteiger partial charge on any atom is -0.508 e. The molecule has 3 rings (SSSR count). The predicted molar refractivity (Wildman–Crippen MR) is 80.0 cm³/mol. The van der Waals surface area contributed by atoms with Crippen LogP contribution in [0.5, 0.6) is 5.75 Å². The summed E-state index contributed by atoms with van der Waals surface area (Å²) in [5.41, 5.74) is 1.20. The maximum Gasteiger partial charge on any atom is 0.250 e. The van der Waals surface area contributed by atoms with Crippen LogP contribution in [0.15, 0.2) is 65.6 Å². The predicted octanol–water partition coefficient (Wildman–Crippen LogP) is 2.95. The van der Waals surface area contributed by atoms with Crippen molar-refractivity contribution in [1.29, 1.82) is 0 Å². The van der Waals surface area contributed by atoms with E-state index in [9.17, 15) is 9.90 Å². The summed E-state index contributed by atoms with van der Waals surface area (Å²) in [5, 5.41) is 11.7. The van der Waals surface area contributed by atoms with Crippen molar-refractivity contribution in [1.82, 2.24) is 4.57 Å². The highest BCUT2D eigenvalue weighted by atomic mass is 16.3. The molecule has 0 aliphatic heterocycles.